The lowest BCUT2D eigenvalue weighted by molar-refractivity contribution is 0.0857. The van der Waals surface area contributed by atoms with E-state index in [1.807, 2.05) is 0 Å². The zero-order valence-electron chi connectivity index (χ0n) is 11.0. The maximum Gasteiger partial charge on any atom is 0.254 e. The molecule has 2 saturated carbocycles. The highest BCUT2D eigenvalue weighted by molar-refractivity contribution is 6.31. The van der Waals surface area contributed by atoms with Crippen LogP contribution in [0.15, 0.2) is 18.2 Å². The predicted molar refractivity (Wildman–Crippen MR) is 74.1 cm³/mol. The number of aliphatic hydroxyl groups excluding tert-OH is 1. The van der Waals surface area contributed by atoms with Crippen LogP contribution in [0.5, 0.6) is 0 Å². The second-order valence-corrected chi connectivity index (χ2v) is 6.24. The number of amides is 1. The van der Waals surface area contributed by atoms with Gasteiger partial charge in [-0.1, -0.05) is 11.6 Å². The van der Waals surface area contributed by atoms with Gasteiger partial charge in [0.25, 0.3) is 5.91 Å². The minimum Gasteiger partial charge on any atom is -0.396 e. The number of carbonyl (C=O) groups excluding carboxylic acids is 1. The molecule has 0 aromatic heterocycles. The lowest BCUT2D eigenvalue weighted by atomic mass is 9.85. The average Bonchev–Trinajstić information content (AvgIpc) is 3.02. The molecule has 0 aliphatic heterocycles. The molecule has 2 fully saturated rings. The van der Waals surface area contributed by atoms with Crippen molar-refractivity contribution in [2.24, 2.45) is 17.8 Å². The van der Waals surface area contributed by atoms with Gasteiger partial charge in [-0.15, -0.1) is 0 Å². The van der Waals surface area contributed by atoms with Gasteiger partial charge in [0.05, 0.1) is 5.56 Å². The van der Waals surface area contributed by atoms with Crippen molar-refractivity contribution in [3.8, 4) is 0 Å². The standard InChI is InChI=1S/C15H17ClFNO2/c16-10-3-4-13(17)11(6-10)15(20)18-14-9-2-1-8(5-9)12(14)7-19/h3-4,6,8-9,12,14,19H,1-2,5,7H2,(H,18,20). The molecule has 4 unspecified atom stereocenters. The summed E-state index contributed by atoms with van der Waals surface area (Å²) in [5.74, 6) is -0.0283. The summed E-state index contributed by atoms with van der Waals surface area (Å²) in [7, 11) is 0. The summed E-state index contributed by atoms with van der Waals surface area (Å²) in [6.07, 6.45) is 3.24. The zero-order valence-corrected chi connectivity index (χ0v) is 11.7. The van der Waals surface area contributed by atoms with Gasteiger partial charge in [-0.25, -0.2) is 4.39 Å². The van der Waals surface area contributed by atoms with Gasteiger partial charge in [0, 0.05) is 23.6 Å². The lowest BCUT2D eigenvalue weighted by Gasteiger charge is -2.30. The number of carbonyl (C=O) groups is 1. The monoisotopic (exact) mass is 297 g/mol. The molecule has 4 atom stereocenters. The van der Waals surface area contributed by atoms with Gasteiger partial charge < -0.3 is 10.4 Å². The van der Waals surface area contributed by atoms with Crippen LogP contribution in [-0.4, -0.2) is 23.7 Å². The van der Waals surface area contributed by atoms with Gasteiger partial charge >= 0.3 is 0 Å². The Bertz CT molecular complexity index is 537. The first-order valence-electron chi connectivity index (χ1n) is 6.97. The van der Waals surface area contributed by atoms with Crippen molar-refractivity contribution >= 4 is 17.5 Å². The molecule has 5 heteroatoms. The van der Waals surface area contributed by atoms with E-state index < -0.39 is 11.7 Å². The third-order valence-corrected chi connectivity index (χ3v) is 5.01. The van der Waals surface area contributed by atoms with Crippen molar-refractivity contribution in [3.05, 3.63) is 34.6 Å². The number of hydrogen-bond donors (Lipinski definition) is 2. The summed E-state index contributed by atoms with van der Waals surface area (Å²) in [5, 5.41) is 12.7. The zero-order chi connectivity index (χ0) is 14.3. The molecule has 1 aromatic rings. The maximum atomic E-state index is 13.7. The van der Waals surface area contributed by atoms with Crippen molar-refractivity contribution in [2.75, 3.05) is 6.61 Å². The van der Waals surface area contributed by atoms with E-state index in [-0.39, 0.29) is 24.1 Å². The first-order chi connectivity index (χ1) is 9.60. The minimum absolute atomic E-state index is 0.0306. The van der Waals surface area contributed by atoms with Crippen LogP contribution in [0.4, 0.5) is 4.39 Å². The van der Waals surface area contributed by atoms with E-state index in [0.29, 0.717) is 16.9 Å². The molecule has 2 aliphatic rings. The number of fused-ring (bicyclic) bond motifs is 2. The maximum absolute atomic E-state index is 13.7. The quantitative estimate of drug-likeness (QED) is 0.901. The number of halogens is 2. The Kier molecular flexibility index (Phi) is 3.69. The highest BCUT2D eigenvalue weighted by Gasteiger charge is 2.47. The Balaban J connectivity index is 1.77. The van der Waals surface area contributed by atoms with Gasteiger partial charge in [0.15, 0.2) is 0 Å². The molecule has 0 saturated heterocycles. The highest BCUT2D eigenvalue weighted by atomic mass is 35.5. The first kappa shape index (κ1) is 13.8. The molecule has 2 bridgehead atoms. The van der Waals surface area contributed by atoms with Gasteiger partial charge in [0.1, 0.15) is 5.82 Å². The Labute approximate surface area is 122 Å². The fourth-order valence-corrected chi connectivity index (χ4v) is 3.97. The van der Waals surface area contributed by atoms with Crippen molar-refractivity contribution < 1.29 is 14.3 Å². The van der Waals surface area contributed by atoms with Crippen LogP contribution >= 0.6 is 11.6 Å². The largest absolute Gasteiger partial charge is 0.396 e. The topological polar surface area (TPSA) is 49.3 Å². The molecule has 3 rings (SSSR count). The molecule has 20 heavy (non-hydrogen) atoms. The molecule has 3 nitrogen and oxygen atoms in total. The van der Waals surface area contributed by atoms with Crippen LogP contribution in [0, 0.1) is 23.6 Å². The molecule has 2 aliphatic carbocycles. The van der Waals surface area contributed by atoms with E-state index >= 15 is 0 Å². The smallest absolute Gasteiger partial charge is 0.254 e. The summed E-state index contributed by atoms with van der Waals surface area (Å²) in [6, 6.07) is 3.90. The van der Waals surface area contributed by atoms with Gasteiger partial charge in [0.2, 0.25) is 0 Å². The summed E-state index contributed by atoms with van der Waals surface area (Å²) >= 11 is 5.81. The third-order valence-electron chi connectivity index (χ3n) is 4.77. The SMILES string of the molecule is O=C(NC1C2CCC(C2)C1CO)c1cc(Cl)ccc1F. The number of hydrogen-bond acceptors (Lipinski definition) is 2. The van der Waals surface area contributed by atoms with Crippen molar-refractivity contribution in [1.29, 1.82) is 0 Å². The van der Waals surface area contributed by atoms with E-state index in [4.69, 9.17) is 11.6 Å². The fraction of sp³-hybridized carbons (Fsp3) is 0.533. The predicted octanol–water partition coefficient (Wildman–Crippen LogP) is 2.62. The van der Waals surface area contributed by atoms with E-state index in [9.17, 15) is 14.3 Å². The average molecular weight is 298 g/mol. The Morgan fingerprint density at radius 2 is 2.15 bits per heavy atom. The Morgan fingerprint density at radius 1 is 1.40 bits per heavy atom. The molecule has 2 N–H and O–H groups in total. The lowest BCUT2D eigenvalue weighted by Crippen LogP contribution is -2.45. The van der Waals surface area contributed by atoms with Crippen LogP contribution in [0.3, 0.4) is 0 Å². The molecular formula is C15H17ClFNO2. The van der Waals surface area contributed by atoms with Crippen LogP contribution in [-0.2, 0) is 0 Å². The summed E-state index contributed by atoms with van der Waals surface area (Å²) in [6.45, 7) is 0.0736. The van der Waals surface area contributed by atoms with Gasteiger partial charge in [-0.2, -0.15) is 0 Å². The number of benzene rings is 1. The van der Waals surface area contributed by atoms with Crippen LogP contribution in [0.1, 0.15) is 29.6 Å². The minimum atomic E-state index is -0.574. The van der Waals surface area contributed by atoms with E-state index in [1.54, 1.807) is 0 Å². The number of rotatable bonds is 3. The number of nitrogens with one attached hydrogen (secondary N) is 1. The second kappa shape index (κ2) is 5.34. The van der Waals surface area contributed by atoms with Gasteiger partial charge in [-0.3, -0.25) is 4.79 Å². The molecule has 1 amide bonds. The first-order valence-corrected chi connectivity index (χ1v) is 7.34. The summed E-state index contributed by atoms with van der Waals surface area (Å²) in [5.41, 5.74) is -0.0306. The fourth-order valence-electron chi connectivity index (χ4n) is 3.80. The molecule has 1 aromatic carbocycles. The van der Waals surface area contributed by atoms with Crippen LogP contribution in [0.2, 0.25) is 5.02 Å². The summed E-state index contributed by atoms with van der Waals surface area (Å²) in [4.78, 5) is 12.2. The molecule has 108 valence electrons. The molecular weight excluding hydrogens is 281 g/mol. The molecule has 0 radical (unpaired) electrons. The number of aliphatic hydroxyl groups is 1. The van der Waals surface area contributed by atoms with E-state index in [1.165, 1.54) is 18.2 Å². The van der Waals surface area contributed by atoms with Crippen molar-refractivity contribution in [1.82, 2.24) is 5.32 Å². The molecule has 0 heterocycles. The Morgan fingerprint density at radius 3 is 2.90 bits per heavy atom. The van der Waals surface area contributed by atoms with Crippen molar-refractivity contribution in [2.45, 2.75) is 25.3 Å². The normalized spacial score (nSPS) is 31.6. The van der Waals surface area contributed by atoms with Gasteiger partial charge in [-0.05, 0) is 49.3 Å². The highest BCUT2D eigenvalue weighted by Crippen LogP contribution is 2.48. The Hall–Kier alpha value is -1.13. The third kappa shape index (κ3) is 2.31. The van der Waals surface area contributed by atoms with Crippen LogP contribution < -0.4 is 5.32 Å². The van der Waals surface area contributed by atoms with Crippen molar-refractivity contribution in [3.63, 3.8) is 0 Å². The second-order valence-electron chi connectivity index (χ2n) is 5.80. The van der Waals surface area contributed by atoms with Crippen LogP contribution in [0.25, 0.3) is 0 Å². The van der Waals surface area contributed by atoms with E-state index in [0.717, 1.165) is 19.3 Å². The molecule has 0 spiro atoms. The van der Waals surface area contributed by atoms with E-state index in [2.05, 4.69) is 5.32 Å². The summed E-state index contributed by atoms with van der Waals surface area (Å²) < 4.78 is 13.7.